The van der Waals surface area contributed by atoms with E-state index >= 15 is 0 Å². The summed E-state index contributed by atoms with van der Waals surface area (Å²) in [5, 5.41) is 7.35. The number of nitrogens with one attached hydrogen (secondary N) is 3. The average Bonchev–Trinajstić information content (AvgIpc) is 2.45. The minimum atomic E-state index is -0.976. The third-order valence-electron chi connectivity index (χ3n) is 3.38. The van der Waals surface area contributed by atoms with Crippen LogP contribution in [0.15, 0.2) is 18.2 Å². The number of primary amides is 1. The van der Waals surface area contributed by atoms with Crippen LogP contribution in [0.1, 0.15) is 40.2 Å². The Morgan fingerprint density at radius 1 is 1.04 bits per heavy atom. The lowest BCUT2D eigenvalue weighted by molar-refractivity contribution is -0.137. The molecule has 25 heavy (non-hydrogen) atoms. The van der Waals surface area contributed by atoms with Crippen LogP contribution in [0.2, 0.25) is 0 Å². The van der Waals surface area contributed by atoms with Gasteiger partial charge < -0.3 is 21.7 Å². The zero-order valence-corrected chi connectivity index (χ0v) is 15.0. The molecule has 0 saturated carbocycles. The Balaban J connectivity index is 3.08. The quantitative estimate of drug-likeness (QED) is 0.601. The predicted molar refractivity (Wildman–Crippen MR) is 94.9 cm³/mol. The molecule has 0 saturated heterocycles. The van der Waals surface area contributed by atoms with Crippen LogP contribution in [0, 0.1) is 0 Å². The summed E-state index contributed by atoms with van der Waals surface area (Å²) in [4.78, 5) is 46.2. The highest BCUT2D eigenvalue weighted by Gasteiger charge is 2.23. The molecule has 0 aliphatic heterocycles. The van der Waals surface area contributed by atoms with Crippen LogP contribution in [0.3, 0.4) is 0 Å². The first-order valence-corrected chi connectivity index (χ1v) is 7.75. The zero-order valence-electron chi connectivity index (χ0n) is 15.0. The summed E-state index contributed by atoms with van der Waals surface area (Å²) in [6.45, 7) is 8.60. The maximum absolute atomic E-state index is 12.1. The van der Waals surface area contributed by atoms with Crippen LogP contribution in [0.5, 0.6) is 0 Å². The SMILES string of the molecule is CC(=O)Nc1ccc(C(C)(C)C)c(NC(=O)C(=O)N[C@@H](C)C(N)=O)c1. The Morgan fingerprint density at radius 3 is 2.12 bits per heavy atom. The fourth-order valence-corrected chi connectivity index (χ4v) is 2.10. The van der Waals surface area contributed by atoms with E-state index in [4.69, 9.17) is 5.73 Å². The lowest BCUT2D eigenvalue weighted by atomic mass is 9.85. The first-order chi connectivity index (χ1) is 11.4. The summed E-state index contributed by atoms with van der Waals surface area (Å²) >= 11 is 0. The normalized spacial score (nSPS) is 12.0. The van der Waals surface area contributed by atoms with Gasteiger partial charge in [0.1, 0.15) is 6.04 Å². The monoisotopic (exact) mass is 348 g/mol. The molecule has 0 radical (unpaired) electrons. The third-order valence-corrected chi connectivity index (χ3v) is 3.38. The minimum absolute atomic E-state index is 0.256. The van der Waals surface area contributed by atoms with Gasteiger partial charge in [-0.25, -0.2) is 0 Å². The lowest BCUT2D eigenvalue weighted by Gasteiger charge is -2.24. The second-order valence-corrected chi connectivity index (χ2v) is 6.74. The average molecular weight is 348 g/mol. The molecule has 0 heterocycles. The van der Waals surface area contributed by atoms with Gasteiger partial charge in [0.25, 0.3) is 0 Å². The van der Waals surface area contributed by atoms with E-state index in [1.54, 1.807) is 18.2 Å². The van der Waals surface area contributed by atoms with E-state index in [9.17, 15) is 19.2 Å². The van der Waals surface area contributed by atoms with E-state index in [0.717, 1.165) is 5.56 Å². The van der Waals surface area contributed by atoms with Crippen LogP contribution in [0.25, 0.3) is 0 Å². The van der Waals surface area contributed by atoms with Crippen molar-refractivity contribution in [2.75, 3.05) is 10.6 Å². The molecule has 0 fully saturated rings. The van der Waals surface area contributed by atoms with Crippen LogP contribution in [-0.4, -0.2) is 29.7 Å². The minimum Gasteiger partial charge on any atom is -0.368 e. The van der Waals surface area contributed by atoms with Crippen molar-refractivity contribution in [2.24, 2.45) is 5.73 Å². The molecule has 1 rings (SSSR count). The number of hydrogen-bond donors (Lipinski definition) is 4. The fraction of sp³-hybridized carbons (Fsp3) is 0.412. The second-order valence-electron chi connectivity index (χ2n) is 6.74. The van der Waals surface area contributed by atoms with Gasteiger partial charge in [-0.15, -0.1) is 0 Å². The van der Waals surface area contributed by atoms with Gasteiger partial charge in [0, 0.05) is 18.3 Å². The van der Waals surface area contributed by atoms with Gasteiger partial charge in [-0.2, -0.15) is 0 Å². The molecule has 1 atom stereocenters. The summed E-state index contributed by atoms with van der Waals surface area (Å²) in [5.74, 6) is -2.91. The van der Waals surface area contributed by atoms with E-state index in [1.807, 2.05) is 20.8 Å². The first-order valence-electron chi connectivity index (χ1n) is 7.75. The van der Waals surface area contributed by atoms with Crippen LogP contribution in [0.4, 0.5) is 11.4 Å². The molecule has 136 valence electrons. The van der Waals surface area contributed by atoms with E-state index in [1.165, 1.54) is 13.8 Å². The maximum Gasteiger partial charge on any atom is 0.313 e. The van der Waals surface area contributed by atoms with E-state index in [2.05, 4.69) is 16.0 Å². The Labute approximate surface area is 146 Å². The van der Waals surface area contributed by atoms with Gasteiger partial charge in [0.15, 0.2) is 0 Å². The number of carbonyl (C=O) groups is 4. The van der Waals surface area contributed by atoms with Crippen molar-refractivity contribution in [1.82, 2.24) is 5.32 Å². The largest absolute Gasteiger partial charge is 0.368 e. The maximum atomic E-state index is 12.1. The summed E-state index contributed by atoms with van der Waals surface area (Å²) in [6, 6.07) is 4.09. The second kappa shape index (κ2) is 7.78. The third kappa shape index (κ3) is 5.91. The molecular weight excluding hydrogens is 324 g/mol. The number of amides is 4. The molecular formula is C17H24N4O4. The number of nitrogens with two attached hydrogens (primary N) is 1. The Hall–Kier alpha value is -2.90. The highest BCUT2D eigenvalue weighted by atomic mass is 16.2. The van der Waals surface area contributed by atoms with Crippen LogP contribution in [-0.2, 0) is 24.6 Å². The van der Waals surface area contributed by atoms with Gasteiger partial charge in [0.05, 0.1) is 0 Å². The van der Waals surface area contributed by atoms with Gasteiger partial charge in [-0.1, -0.05) is 26.8 Å². The molecule has 0 spiro atoms. The molecule has 1 aromatic rings. The standard InChI is InChI=1S/C17H24N4O4/c1-9(14(18)23)19-15(24)16(25)21-13-8-11(20-10(2)22)6-7-12(13)17(3,4)5/h6-9H,1-5H3,(H2,18,23)(H,19,24)(H,20,22)(H,21,25)/t9-/m0/s1. The van der Waals surface area contributed by atoms with E-state index in [0.29, 0.717) is 11.4 Å². The Bertz CT molecular complexity index is 707. The molecule has 1 aromatic carbocycles. The van der Waals surface area contributed by atoms with Crippen molar-refractivity contribution >= 4 is 35.0 Å². The zero-order chi connectivity index (χ0) is 19.4. The van der Waals surface area contributed by atoms with Crippen molar-refractivity contribution in [1.29, 1.82) is 0 Å². The highest BCUT2D eigenvalue weighted by Crippen LogP contribution is 2.31. The summed E-state index contributed by atoms with van der Waals surface area (Å²) < 4.78 is 0. The number of benzene rings is 1. The molecule has 8 heteroatoms. The highest BCUT2D eigenvalue weighted by molar-refractivity contribution is 6.40. The smallest absolute Gasteiger partial charge is 0.313 e. The Morgan fingerprint density at radius 2 is 1.64 bits per heavy atom. The molecule has 0 aliphatic rings. The fourth-order valence-electron chi connectivity index (χ4n) is 2.10. The molecule has 0 aliphatic carbocycles. The molecule has 5 N–H and O–H groups in total. The molecule has 0 aromatic heterocycles. The van der Waals surface area contributed by atoms with Crippen molar-refractivity contribution in [3.05, 3.63) is 23.8 Å². The van der Waals surface area contributed by atoms with E-state index in [-0.39, 0.29) is 11.3 Å². The molecule has 0 unspecified atom stereocenters. The summed E-state index contributed by atoms with van der Waals surface area (Å²) in [7, 11) is 0. The Kier molecular flexibility index (Phi) is 6.27. The van der Waals surface area contributed by atoms with Crippen LogP contribution >= 0.6 is 0 Å². The predicted octanol–water partition coefficient (Wildman–Crippen LogP) is 0.871. The van der Waals surface area contributed by atoms with Crippen LogP contribution < -0.4 is 21.7 Å². The molecule has 8 nitrogen and oxygen atoms in total. The number of anilines is 2. The lowest BCUT2D eigenvalue weighted by Crippen LogP contribution is -2.46. The molecule has 0 bridgehead atoms. The van der Waals surface area contributed by atoms with Gasteiger partial charge >= 0.3 is 11.8 Å². The van der Waals surface area contributed by atoms with Crippen molar-refractivity contribution in [2.45, 2.75) is 46.1 Å². The van der Waals surface area contributed by atoms with Gasteiger partial charge in [-0.05, 0) is 30.0 Å². The number of rotatable bonds is 4. The van der Waals surface area contributed by atoms with Gasteiger partial charge in [0.2, 0.25) is 11.8 Å². The van der Waals surface area contributed by atoms with Crippen molar-refractivity contribution < 1.29 is 19.2 Å². The number of carbonyl (C=O) groups excluding carboxylic acids is 4. The first kappa shape index (κ1) is 20.1. The summed E-state index contributed by atoms with van der Waals surface area (Å²) in [6.07, 6.45) is 0. The van der Waals surface area contributed by atoms with E-state index < -0.39 is 23.8 Å². The van der Waals surface area contributed by atoms with Crippen molar-refractivity contribution in [3.8, 4) is 0 Å². The summed E-state index contributed by atoms with van der Waals surface area (Å²) in [5.41, 5.74) is 6.41. The van der Waals surface area contributed by atoms with Gasteiger partial charge in [-0.3, -0.25) is 19.2 Å². The van der Waals surface area contributed by atoms with Crippen molar-refractivity contribution in [3.63, 3.8) is 0 Å². The number of hydrogen-bond acceptors (Lipinski definition) is 4. The molecule has 4 amide bonds. The topological polar surface area (TPSA) is 130 Å².